The number of nitrogens with two attached hydrogens (primary N) is 1. The Morgan fingerprint density at radius 1 is 1.41 bits per heavy atom. The number of piperidine rings is 1. The van der Waals surface area contributed by atoms with Gasteiger partial charge in [0.25, 0.3) is 0 Å². The number of hydrogen-bond acceptors (Lipinski definition) is 2. The zero-order chi connectivity index (χ0) is 12.4. The molecule has 92 valence electrons. The first-order valence-electron chi connectivity index (χ1n) is 5.92. The van der Waals surface area contributed by atoms with Gasteiger partial charge in [-0.05, 0) is 37.0 Å². The lowest BCUT2D eigenvalue weighted by molar-refractivity contribution is 0.438. The molecule has 0 unspecified atom stereocenters. The summed E-state index contributed by atoms with van der Waals surface area (Å²) in [6.07, 6.45) is 2.49. The second-order valence-corrected chi connectivity index (χ2v) is 5.54. The lowest BCUT2D eigenvalue weighted by Crippen LogP contribution is -2.32. The van der Waals surface area contributed by atoms with E-state index in [2.05, 4.69) is 17.9 Å². The molecular weight excluding hydrogens is 252 g/mol. The standard InChI is InChI=1S/C13H17ClN2S/c1-9-4-6-16(7-5-9)10-2-3-11(13(15)17)12(14)8-10/h2-3,8-9H,4-7H2,1H3,(H2,15,17). The molecular formula is C13H17ClN2S. The first-order valence-corrected chi connectivity index (χ1v) is 6.71. The lowest BCUT2D eigenvalue weighted by Gasteiger charge is -2.32. The minimum absolute atomic E-state index is 0.355. The molecule has 0 spiro atoms. The van der Waals surface area contributed by atoms with Crippen LogP contribution in [0.4, 0.5) is 5.69 Å². The highest BCUT2D eigenvalue weighted by Crippen LogP contribution is 2.27. The molecule has 1 aliphatic rings. The van der Waals surface area contributed by atoms with Crippen LogP contribution in [0.5, 0.6) is 0 Å². The highest BCUT2D eigenvalue weighted by Gasteiger charge is 2.16. The highest BCUT2D eigenvalue weighted by molar-refractivity contribution is 7.80. The number of hydrogen-bond donors (Lipinski definition) is 1. The summed E-state index contributed by atoms with van der Waals surface area (Å²) in [6.45, 7) is 4.51. The maximum atomic E-state index is 6.18. The van der Waals surface area contributed by atoms with Crippen LogP contribution in [-0.2, 0) is 0 Å². The van der Waals surface area contributed by atoms with E-state index in [-0.39, 0.29) is 0 Å². The van der Waals surface area contributed by atoms with Crippen LogP contribution in [-0.4, -0.2) is 18.1 Å². The van der Waals surface area contributed by atoms with Gasteiger partial charge < -0.3 is 10.6 Å². The number of nitrogens with zero attached hydrogens (tertiary/aromatic N) is 1. The topological polar surface area (TPSA) is 29.3 Å². The molecule has 4 heteroatoms. The van der Waals surface area contributed by atoms with Crippen LogP contribution in [0.1, 0.15) is 25.3 Å². The molecule has 0 aliphatic carbocycles. The summed E-state index contributed by atoms with van der Waals surface area (Å²) in [5.74, 6) is 0.831. The molecule has 1 heterocycles. The summed E-state index contributed by atoms with van der Waals surface area (Å²) in [7, 11) is 0. The molecule has 1 saturated heterocycles. The van der Waals surface area contributed by atoms with Crippen LogP contribution >= 0.6 is 23.8 Å². The molecule has 0 bridgehead atoms. The Balaban J connectivity index is 2.17. The van der Waals surface area contributed by atoms with Gasteiger partial charge in [0.2, 0.25) is 0 Å². The maximum absolute atomic E-state index is 6.18. The van der Waals surface area contributed by atoms with Crippen molar-refractivity contribution in [3.05, 3.63) is 28.8 Å². The van der Waals surface area contributed by atoms with Gasteiger partial charge in [-0.1, -0.05) is 30.7 Å². The summed E-state index contributed by atoms with van der Waals surface area (Å²) in [5.41, 5.74) is 7.52. The van der Waals surface area contributed by atoms with Gasteiger partial charge >= 0.3 is 0 Å². The van der Waals surface area contributed by atoms with Crippen LogP contribution in [0, 0.1) is 5.92 Å². The molecule has 2 N–H and O–H groups in total. The predicted molar refractivity (Wildman–Crippen MR) is 78.0 cm³/mol. The molecule has 1 aromatic rings. The molecule has 0 aromatic heterocycles. The fraction of sp³-hybridized carbons (Fsp3) is 0.462. The molecule has 17 heavy (non-hydrogen) atoms. The largest absolute Gasteiger partial charge is 0.389 e. The summed E-state index contributed by atoms with van der Waals surface area (Å²) >= 11 is 11.1. The number of benzene rings is 1. The van der Waals surface area contributed by atoms with E-state index >= 15 is 0 Å². The predicted octanol–water partition coefficient (Wildman–Crippen LogP) is 3.21. The Labute approximate surface area is 113 Å². The molecule has 1 aromatic carbocycles. The van der Waals surface area contributed by atoms with Crippen molar-refractivity contribution in [2.45, 2.75) is 19.8 Å². The van der Waals surface area contributed by atoms with Gasteiger partial charge in [0.15, 0.2) is 0 Å². The zero-order valence-corrected chi connectivity index (χ0v) is 11.5. The van der Waals surface area contributed by atoms with E-state index in [0.717, 1.165) is 24.6 Å². The minimum atomic E-state index is 0.355. The van der Waals surface area contributed by atoms with Crippen LogP contribution < -0.4 is 10.6 Å². The Hall–Kier alpha value is -0.800. The van der Waals surface area contributed by atoms with E-state index in [9.17, 15) is 0 Å². The van der Waals surface area contributed by atoms with Crippen molar-refractivity contribution in [2.24, 2.45) is 11.7 Å². The van der Waals surface area contributed by atoms with Crippen molar-refractivity contribution in [1.29, 1.82) is 0 Å². The number of rotatable bonds is 2. The van der Waals surface area contributed by atoms with Gasteiger partial charge in [-0.2, -0.15) is 0 Å². The molecule has 2 rings (SSSR count). The molecule has 1 fully saturated rings. The van der Waals surface area contributed by atoms with Crippen molar-refractivity contribution >= 4 is 34.5 Å². The third-order valence-corrected chi connectivity index (χ3v) is 3.90. The SMILES string of the molecule is CC1CCN(c2ccc(C(N)=S)c(Cl)c2)CC1. The van der Waals surface area contributed by atoms with Crippen molar-refractivity contribution < 1.29 is 0 Å². The quantitative estimate of drug-likeness (QED) is 0.836. The van der Waals surface area contributed by atoms with Crippen LogP contribution in [0.2, 0.25) is 5.02 Å². The van der Waals surface area contributed by atoms with Crippen molar-refractivity contribution in [1.82, 2.24) is 0 Å². The van der Waals surface area contributed by atoms with Crippen molar-refractivity contribution in [3.63, 3.8) is 0 Å². The first-order chi connectivity index (χ1) is 8.08. The van der Waals surface area contributed by atoms with Gasteiger partial charge in [-0.15, -0.1) is 0 Å². The second kappa shape index (κ2) is 5.23. The molecule has 0 saturated carbocycles. The summed E-state index contributed by atoms with van der Waals surface area (Å²) in [5, 5.41) is 0.647. The van der Waals surface area contributed by atoms with E-state index < -0.39 is 0 Å². The van der Waals surface area contributed by atoms with E-state index in [1.54, 1.807) is 0 Å². The highest BCUT2D eigenvalue weighted by atomic mass is 35.5. The van der Waals surface area contributed by atoms with Crippen molar-refractivity contribution in [2.75, 3.05) is 18.0 Å². The minimum Gasteiger partial charge on any atom is -0.389 e. The lowest BCUT2D eigenvalue weighted by atomic mass is 9.98. The number of anilines is 1. The Morgan fingerprint density at radius 3 is 2.59 bits per heavy atom. The third kappa shape index (κ3) is 2.90. The van der Waals surface area contributed by atoms with Gasteiger partial charge in [0.1, 0.15) is 4.99 Å². The fourth-order valence-electron chi connectivity index (χ4n) is 2.17. The second-order valence-electron chi connectivity index (χ2n) is 4.70. The van der Waals surface area contributed by atoms with Gasteiger partial charge in [0.05, 0.1) is 5.02 Å². The van der Waals surface area contributed by atoms with Crippen LogP contribution in [0.15, 0.2) is 18.2 Å². The summed E-state index contributed by atoms with van der Waals surface area (Å²) in [6, 6.07) is 5.93. The molecule has 0 amide bonds. The summed E-state index contributed by atoms with van der Waals surface area (Å²) < 4.78 is 0. The number of halogens is 1. The van der Waals surface area contributed by atoms with E-state index in [1.165, 1.54) is 18.5 Å². The van der Waals surface area contributed by atoms with E-state index in [4.69, 9.17) is 29.6 Å². The molecule has 0 radical (unpaired) electrons. The molecule has 0 atom stereocenters. The Kier molecular flexibility index (Phi) is 3.89. The van der Waals surface area contributed by atoms with Crippen LogP contribution in [0.3, 0.4) is 0 Å². The molecule has 1 aliphatic heterocycles. The Bertz CT molecular complexity index is 425. The van der Waals surface area contributed by atoms with E-state index in [0.29, 0.717) is 10.0 Å². The fourth-order valence-corrected chi connectivity index (χ4v) is 2.68. The van der Waals surface area contributed by atoms with Gasteiger partial charge in [-0.3, -0.25) is 0 Å². The normalized spacial score (nSPS) is 17.2. The monoisotopic (exact) mass is 268 g/mol. The maximum Gasteiger partial charge on any atom is 0.105 e. The average Bonchev–Trinajstić information content (AvgIpc) is 2.29. The Morgan fingerprint density at radius 2 is 2.06 bits per heavy atom. The first kappa shape index (κ1) is 12.7. The van der Waals surface area contributed by atoms with Crippen molar-refractivity contribution in [3.8, 4) is 0 Å². The van der Waals surface area contributed by atoms with Gasteiger partial charge in [-0.25, -0.2) is 0 Å². The summed E-state index contributed by atoms with van der Waals surface area (Å²) in [4.78, 5) is 2.73. The van der Waals surface area contributed by atoms with Crippen LogP contribution in [0.25, 0.3) is 0 Å². The van der Waals surface area contributed by atoms with E-state index in [1.807, 2.05) is 12.1 Å². The average molecular weight is 269 g/mol. The van der Waals surface area contributed by atoms with Gasteiger partial charge in [0, 0.05) is 24.3 Å². The smallest absolute Gasteiger partial charge is 0.105 e. The zero-order valence-electron chi connectivity index (χ0n) is 9.95. The third-order valence-electron chi connectivity index (χ3n) is 3.37. The number of thiocarbonyl (C=S) groups is 1. The molecule has 2 nitrogen and oxygen atoms in total.